The number of hydrogen-bond donors (Lipinski definition) is 1. The summed E-state index contributed by atoms with van der Waals surface area (Å²) in [5, 5.41) is 3.60. The second-order valence-corrected chi connectivity index (χ2v) is 9.36. The molecule has 0 spiro atoms. The van der Waals surface area contributed by atoms with Crippen LogP contribution in [0.5, 0.6) is 0 Å². The van der Waals surface area contributed by atoms with Gasteiger partial charge in [-0.05, 0) is 66.5 Å². The summed E-state index contributed by atoms with van der Waals surface area (Å²) in [7, 11) is 0. The molecule has 0 unspecified atom stereocenters. The van der Waals surface area contributed by atoms with Crippen LogP contribution in [0.2, 0.25) is 0 Å². The number of aromatic nitrogens is 1. The van der Waals surface area contributed by atoms with Gasteiger partial charge in [-0.1, -0.05) is 108 Å². The first-order valence-corrected chi connectivity index (χ1v) is 13.1. The molecule has 2 nitrogen and oxygen atoms in total. The Morgan fingerprint density at radius 3 is 2.26 bits per heavy atom. The summed E-state index contributed by atoms with van der Waals surface area (Å²) in [6, 6.07) is 13.2. The SMILES string of the molecule is C=C/C=C(\C=C(\C)C(C)C)c1ccc(CC(=CCC)Nc2ccc(/C(=C/CC)CCC)nc2)cc1. The standard InChI is InChI=1S/C33H44N2/c1-8-12-29(13-9-2)33-21-20-32(24-34-33)35-31(15-11-4)23-27-16-18-28(19-17-27)30(14-10-3)22-26(7)25(5)6/h10,12,14-22,24-25,35H,3,8-9,11,13,23H2,1-2,4-7H3/b26-22-,29-12+,30-14+,31-15?. The molecule has 35 heavy (non-hydrogen) atoms. The first-order valence-electron chi connectivity index (χ1n) is 13.1. The molecule has 2 rings (SSSR count). The highest BCUT2D eigenvalue weighted by atomic mass is 14.9. The Bertz CT molecular complexity index is 1050. The highest BCUT2D eigenvalue weighted by Gasteiger charge is 2.06. The minimum atomic E-state index is 0.528. The molecular formula is C33H44N2. The van der Waals surface area contributed by atoms with Gasteiger partial charge < -0.3 is 5.32 Å². The Hall–Kier alpha value is -3.13. The molecule has 0 aliphatic carbocycles. The van der Waals surface area contributed by atoms with Crippen molar-refractivity contribution in [2.75, 3.05) is 5.32 Å². The fourth-order valence-electron chi connectivity index (χ4n) is 3.91. The van der Waals surface area contributed by atoms with Gasteiger partial charge in [0.05, 0.1) is 17.6 Å². The van der Waals surface area contributed by atoms with Crippen LogP contribution in [0.15, 0.2) is 90.8 Å². The van der Waals surface area contributed by atoms with Gasteiger partial charge in [-0.25, -0.2) is 0 Å². The van der Waals surface area contributed by atoms with Crippen molar-refractivity contribution in [3.8, 4) is 0 Å². The Labute approximate surface area is 214 Å². The van der Waals surface area contributed by atoms with E-state index < -0.39 is 0 Å². The first-order chi connectivity index (χ1) is 16.9. The Balaban J connectivity index is 2.16. The van der Waals surface area contributed by atoms with Crippen molar-refractivity contribution in [3.05, 3.63) is 108 Å². The van der Waals surface area contributed by atoms with Crippen LogP contribution in [-0.4, -0.2) is 4.98 Å². The molecule has 0 saturated heterocycles. The van der Waals surface area contributed by atoms with Crippen LogP contribution < -0.4 is 5.32 Å². The molecule has 1 N–H and O–H groups in total. The summed E-state index contributed by atoms with van der Waals surface area (Å²) >= 11 is 0. The van der Waals surface area contributed by atoms with Gasteiger partial charge in [0.1, 0.15) is 0 Å². The second kappa shape index (κ2) is 15.0. The normalized spacial score (nSPS) is 13.3. The van der Waals surface area contributed by atoms with E-state index in [2.05, 4.69) is 114 Å². The predicted molar refractivity (Wildman–Crippen MR) is 156 cm³/mol. The van der Waals surface area contributed by atoms with Crippen molar-refractivity contribution in [2.45, 2.75) is 73.6 Å². The van der Waals surface area contributed by atoms with Crippen LogP contribution in [0.25, 0.3) is 11.1 Å². The van der Waals surface area contributed by atoms with E-state index in [0.717, 1.165) is 43.5 Å². The first kappa shape index (κ1) is 28.1. The summed E-state index contributed by atoms with van der Waals surface area (Å²) in [6.45, 7) is 17.1. The molecule has 0 aliphatic heterocycles. The van der Waals surface area contributed by atoms with E-state index in [0.29, 0.717) is 5.92 Å². The van der Waals surface area contributed by atoms with E-state index in [1.54, 1.807) is 0 Å². The Morgan fingerprint density at radius 1 is 1.00 bits per heavy atom. The fraction of sp³-hybridized carbons (Fsp3) is 0.364. The summed E-state index contributed by atoms with van der Waals surface area (Å²) in [4.78, 5) is 4.74. The van der Waals surface area contributed by atoms with Crippen molar-refractivity contribution in [3.63, 3.8) is 0 Å². The van der Waals surface area contributed by atoms with E-state index in [-0.39, 0.29) is 0 Å². The Kier molecular flexibility index (Phi) is 12.0. The van der Waals surface area contributed by atoms with Crippen molar-refractivity contribution in [1.82, 2.24) is 4.98 Å². The lowest BCUT2D eigenvalue weighted by Gasteiger charge is -2.13. The molecule has 0 atom stereocenters. The van der Waals surface area contributed by atoms with Crippen LogP contribution in [0.4, 0.5) is 5.69 Å². The van der Waals surface area contributed by atoms with Crippen LogP contribution in [0.1, 0.15) is 84.0 Å². The molecule has 0 amide bonds. The van der Waals surface area contributed by atoms with E-state index in [1.165, 1.54) is 33.5 Å². The summed E-state index contributed by atoms with van der Waals surface area (Å²) < 4.78 is 0. The maximum Gasteiger partial charge on any atom is 0.0660 e. The monoisotopic (exact) mass is 468 g/mol. The minimum absolute atomic E-state index is 0.528. The molecule has 0 saturated carbocycles. The van der Waals surface area contributed by atoms with Gasteiger partial charge in [-0.3, -0.25) is 4.98 Å². The lowest BCUT2D eigenvalue weighted by Crippen LogP contribution is -2.04. The number of hydrogen-bond acceptors (Lipinski definition) is 2. The zero-order chi connectivity index (χ0) is 25.6. The zero-order valence-electron chi connectivity index (χ0n) is 22.7. The molecule has 1 heterocycles. The average molecular weight is 469 g/mol. The van der Waals surface area contributed by atoms with Crippen LogP contribution in [-0.2, 0) is 6.42 Å². The van der Waals surface area contributed by atoms with Crippen LogP contribution in [0, 0.1) is 5.92 Å². The quantitative estimate of drug-likeness (QED) is 0.296. The largest absolute Gasteiger partial charge is 0.358 e. The van der Waals surface area contributed by atoms with Gasteiger partial charge in [0.2, 0.25) is 0 Å². The number of benzene rings is 1. The van der Waals surface area contributed by atoms with E-state index in [1.807, 2.05) is 12.3 Å². The average Bonchev–Trinajstić information content (AvgIpc) is 2.84. The number of rotatable bonds is 13. The molecule has 0 bridgehead atoms. The summed E-state index contributed by atoms with van der Waals surface area (Å²) in [5.41, 5.74) is 9.72. The molecule has 2 aromatic rings. The lowest BCUT2D eigenvalue weighted by molar-refractivity contribution is 0.770. The molecule has 0 fully saturated rings. The van der Waals surface area contributed by atoms with Gasteiger partial charge in [0, 0.05) is 12.1 Å². The van der Waals surface area contributed by atoms with Gasteiger partial charge >= 0.3 is 0 Å². The lowest BCUT2D eigenvalue weighted by atomic mass is 9.96. The van der Waals surface area contributed by atoms with Crippen molar-refractivity contribution in [2.24, 2.45) is 5.92 Å². The molecule has 186 valence electrons. The number of nitrogens with one attached hydrogen (secondary N) is 1. The molecule has 0 aliphatic rings. The molecule has 2 heteroatoms. The van der Waals surface area contributed by atoms with Gasteiger partial charge in [0.15, 0.2) is 0 Å². The smallest absolute Gasteiger partial charge is 0.0660 e. The van der Waals surface area contributed by atoms with Crippen LogP contribution >= 0.6 is 0 Å². The number of anilines is 1. The van der Waals surface area contributed by atoms with E-state index in [9.17, 15) is 0 Å². The zero-order valence-corrected chi connectivity index (χ0v) is 22.7. The van der Waals surface area contributed by atoms with Gasteiger partial charge in [-0.15, -0.1) is 0 Å². The number of nitrogens with zero attached hydrogens (tertiary/aromatic N) is 1. The third-order valence-corrected chi connectivity index (χ3v) is 6.09. The van der Waals surface area contributed by atoms with E-state index in [4.69, 9.17) is 4.98 Å². The summed E-state index contributed by atoms with van der Waals surface area (Å²) in [6.07, 6.45) is 17.8. The fourth-order valence-corrected chi connectivity index (χ4v) is 3.91. The third-order valence-electron chi connectivity index (χ3n) is 6.09. The summed E-state index contributed by atoms with van der Waals surface area (Å²) in [5.74, 6) is 0.528. The van der Waals surface area contributed by atoms with Crippen molar-refractivity contribution in [1.29, 1.82) is 0 Å². The number of pyridine rings is 1. The minimum Gasteiger partial charge on any atom is -0.358 e. The third kappa shape index (κ3) is 9.20. The maximum absolute atomic E-state index is 4.74. The molecule has 1 aromatic carbocycles. The van der Waals surface area contributed by atoms with Gasteiger partial charge in [0.25, 0.3) is 0 Å². The highest BCUT2D eigenvalue weighted by molar-refractivity contribution is 5.76. The number of allylic oxidation sites excluding steroid dienone is 9. The van der Waals surface area contributed by atoms with E-state index >= 15 is 0 Å². The maximum atomic E-state index is 4.74. The Morgan fingerprint density at radius 2 is 1.71 bits per heavy atom. The molecule has 0 radical (unpaired) electrons. The van der Waals surface area contributed by atoms with Crippen molar-refractivity contribution >= 4 is 16.8 Å². The van der Waals surface area contributed by atoms with Crippen LogP contribution in [0.3, 0.4) is 0 Å². The predicted octanol–water partition coefficient (Wildman–Crippen LogP) is 9.80. The van der Waals surface area contributed by atoms with Gasteiger partial charge in [-0.2, -0.15) is 0 Å². The molecule has 1 aromatic heterocycles. The second-order valence-electron chi connectivity index (χ2n) is 9.36. The highest BCUT2D eigenvalue weighted by Crippen LogP contribution is 2.24. The topological polar surface area (TPSA) is 24.9 Å². The molecular weight excluding hydrogens is 424 g/mol. The van der Waals surface area contributed by atoms with Crippen molar-refractivity contribution < 1.29 is 0 Å².